The number of nitrogens with two attached hydrogens (primary N) is 1. The molecule has 1 aliphatic rings. The molecule has 0 atom stereocenters. The second-order valence-electron chi connectivity index (χ2n) is 3.03. The van der Waals surface area contributed by atoms with Crippen LogP contribution < -0.4 is 5.32 Å². The molecule has 0 bridgehead atoms. The maximum atomic E-state index is 11.6. The van der Waals surface area contributed by atoms with Crippen molar-refractivity contribution < 1.29 is 10.1 Å². The molecule has 72 valence electrons. The van der Waals surface area contributed by atoms with Gasteiger partial charge in [-0.3, -0.25) is 0 Å². The van der Waals surface area contributed by atoms with E-state index in [4.69, 9.17) is 11.6 Å². The molecule has 1 aromatic rings. The predicted octanol–water partition coefficient (Wildman–Crippen LogP) is 1.79. The number of hydrogen-bond donors (Lipinski definition) is 1. The van der Waals surface area contributed by atoms with E-state index in [0.29, 0.717) is 20.1 Å². The summed E-state index contributed by atoms with van der Waals surface area (Å²) in [5.41, 5.74) is 2.09. The van der Waals surface area contributed by atoms with E-state index in [2.05, 4.69) is 4.99 Å². The maximum Gasteiger partial charge on any atom is 0.353 e. The third kappa shape index (κ3) is 1.57. The highest BCUT2D eigenvalue weighted by molar-refractivity contribution is 14.1. The summed E-state index contributed by atoms with van der Waals surface area (Å²) in [4.78, 5) is 15.9. The number of amides is 1. The highest BCUT2D eigenvalue weighted by atomic mass is 127. The second kappa shape index (κ2) is 3.60. The lowest BCUT2D eigenvalue weighted by molar-refractivity contribution is -0.423. The summed E-state index contributed by atoms with van der Waals surface area (Å²) >= 11 is 8.06. The van der Waals surface area contributed by atoms with Gasteiger partial charge in [0.1, 0.15) is 5.56 Å². The SMILES string of the molecule is Cc1ccc2c(c1Cl)C(=O)[NH2+]C(I)=N2. The Morgan fingerprint density at radius 1 is 1.50 bits per heavy atom. The van der Waals surface area contributed by atoms with Crippen molar-refractivity contribution in [3.05, 3.63) is 28.3 Å². The zero-order valence-electron chi connectivity index (χ0n) is 7.34. The third-order valence-electron chi connectivity index (χ3n) is 2.04. The van der Waals surface area contributed by atoms with Gasteiger partial charge in [-0.05, 0) is 18.6 Å². The first kappa shape index (κ1) is 10.1. The number of halogens is 2. The van der Waals surface area contributed by atoms with Crippen LogP contribution in [-0.4, -0.2) is 9.75 Å². The standard InChI is InChI=1S/C9H6ClIN2O/c1-4-2-3-5-6(7(4)10)8(14)13-9(11)12-5/h2-3H,1H3,(H,12,13,14)/p+1. The van der Waals surface area contributed by atoms with Crippen molar-refractivity contribution in [2.45, 2.75) is 6.92 Å². The molecule has 0 unspecified atom stereocenters. The van der Waals surface area contributed by atoms with E-state index in [0.717, 1.165) is 5.56 Å². The molecule has 2 rings (SSSR count). The molecule has 0 aromatic heterocycles. The quantitative estimate of drug-likeness (QED) is 0.575. The summed E-state index contributed by atoms with van der Waals surface area (Å²) in [7, 11) is 0. The largest absolute Gasteiger partial charge is 0.353 e. The fraction of sp³-hybridized carbons (Fsp3) is 0.111. The molecule has 0 saturated carbocycles. The van der Waals surface area contributed by atoms with Gasteiger partial charge in [-0.2, -0.15) is 4.99 Å². The number of carbonyl (C=O) groups excluding carboxylic acids is 1. The Morgan fingerprint density at radius 3 is 2.93 bits per heavy atom. The summed E-state index contributed by atoms with van der Waals surface area (Å²) in [5, 5.41) is 2.00. The van der Waals surface area contributed by atoms with Gasteiger partial charge >= 0.3 is 5.91 Å². The van der Waals surface area contributed by atoms with Crippen LogP contribution >= 0.6 is 34.2 Å². The van der Waals surface area contributed by atoms with E-state index in [1.807, 2.05) is 41.6 Å². The third-order valence-corrected chi connectivity index (χ3v) is 3.08. The lowest BCUT2D eigenvalue weighted by Gasteiger charge is -2.10. The van der Waals surface area contributed by atoms with Crippen LogP contribution in [0.25, 0.3) is 0 Å². The van der Waals surface area contributed by atoms with E-state index in [1.54, 1.807) is 0 Å². The molecule has 1 aliphatic heterocycles. The second-order valence-corrected chi connectivity index (χ2v) is 4.52. The van der Waals surface area contributed by atoms with Crippen LogP contribution in [0.3, 0.4) is 0 Å². The number of quaternary nitrogens is 1. The fourth-order valence-corrected chi connectivity index (χ4v) is 2.12. The summed E-state index contributed by atoms with van der Waals surface area (Å²) in [5.74, 6) is -0.0619. The number of hydrogen-bond acceptors (Lipinski definition) is 2. The summed E-state index contributed by atoms with van der Waals surface area (Å²) in [6, 6.07) is 3.69. The van der Waals surface area contributed by atoms with Gasteiger partial charge in [0, 0.05) is 0 Å². The van der Waals surface area contributed by atoms with Crippen molar-refractivity contribution in [1.82, 2.24) is 0 Å². The molecule has 2 N–H and O–H groups in total. The molecular weight excluding hydrogens is 314 g/mol. The Balaban J connectivity index is 2.72. The molecule has 0 fully saturated rings. The number of nitrogens with zero attached hydrogens (tertiary/aromatic N) is 1. The van der Waals surface area contributed by atoms with Gasteiger partial charge in [0.25, 0.3) is 3.84 Å². The summed E-state index contributed by atoms with van der Waals surface area (Å²) < 4.78 is 0.694. The van der Waals surface area contributed by atoms with Crippen molar-refractivity contribution in [3.63, 3.8) is 0 Å². The molecule has 1 aromatic carbocycles. The number of benzene rings is 1. The number of primary amides is 1. The number of amidine groups is 1. The normalized spacial score (nSPS) is 15.1. The van der Waals surface area contributed by atoms with Crippen LogP contribution in [-0.2, 0) is 0 Å². The molecular formula is C9H7ClIN2O+. The topological polar surface area (TPSA) is 46.0 Å². The van der Waals surface area contributed by atoms with E-state index in [1.165, 1.54) is 5.32 Å². The van der Waals surface area contributed by atoms with Crippen LogP contribution in [0.4, 0.5) is 5.69 Å². The summed E-state index contributed by atoms with van der Waals surface area (Å²) in [6.45, 7) is 1.87. The molecule has 0 saturated heterocycles. The Morgan fingerprint density at radius 2 is 2.21 bits per heavy atom. The lowest BCUT2D eigenvalue weighted by atomic mass is 10.1. The van der Waals surface area contributed by atoms with Crippen molar-refractivity contribution in [2.24, 2.45) is 4.99 Å². The number of aryl methyl sites for hydroxylation is 1. The minimum absolute atomic E-state index is 0.0619. The molecule has 1 heterocycles. The highest BCUT2D eigenvalue weighted by Gasteiger charge is 2.26. The average Bonchev–Trinajstić information content (AvgIpc) is 2.10. The Kier molecular flexibility index (Phi) is 2.59. The van der Waals surface area contributed by atoms with Gasteiger partial charge in [-0.1, -0.05) is 17.7 Å². The van der Waals surface area contributed by atoms with Crippen LogP contribution in [0.15, 0.2) is 17.1 Å². The van der Waals surface area contributed by atoms with Crippen LogP contribution in [0, 0.1) is 6.92 Å². The number of fused-ring (bicyclic) bond motifs is 1. The van der Waals surface area contributed by atoms with Gasteiger partial charge in [0.15, 0.2) is 0 Å². The minimum atomic E-state index is -0.0619. The van der Waals surface area contributed by atoms with Crippen molar-refractivity contribution in [2.75, 3.05) is 0 Å². The van der Waals surface area contributed by atoms with Gasteiger partial charge < -0.3 is 0 Å². The van der Waals surface area contributed by atoms with E-state index in [9.17, 15) is 4.79 Å². The van der Waals surface area contributed by atoms with Crippen molar-refractivity contribution in [1.29, 1.82) is 0 Å². The zero-order chi connectivity index (χ0) is 10.3. The van der Waals surface area contributed by atoms with E-state index in [-0.39, 0.29) is 5.91 Å². The Bertz CT molecular complexity index is 456. The van der Waals surface area contributed by atoms with Crippen LogP contribution in [0.5, 0.6) is 0 Å². The number of rotatable bonds is 0. The molecule has 0 spiro atoms. The number of carbonyl (C=O) groups is 1. The van der Waals surface area contributed by atoms with E-state index < -0.39 is 0 Å². The van der Waals surface area contributed by atoms with Gasteiger partial charge in [0.2, 0.25) is 0 Å². The van der Waals surface area contributed by atoms with Gasteiger partial charge in [-0.15, -0.1) is 0 Å². The van der Waals surface area contributed by atoms with Crippen molar-refractivity contribution in [3.8, 4) is 0 Å². The van der Waals surface area contributed by atoms with Crippen molar-refractivity contribution >= 4 is 49.6 Å². The molecule has 14 heavy (non-hydrogen) atoms. The van der Waals surface area contributed by atoms with Gasteiger partial charge in [0.05, 0.1) is 33.3 Å². The minimum Gasteiger partial charge on any atom is -0.225 e. The molecule has 0 radical (unpaired) electrons. The first-order valence-corrected chi connectivity index (χ1v) is 5.47. The molecule has 0 aliphatic carbocycles. The monoisotopic (exact) mass is 321 g/mol. The first-order chi connectivity index (χ1) is 6.59. The van der Waals surface area contributed by atoms with Gasteiger partial charge in [-0.25, -0.2) is 10.1 Å². The summed E-state index contributed by atoms with van der Waals surface area (Å²) in [6.07, 6.45) is 0. The first-order valence-electron chi connectivity index (χ1n) is 4.02. The maximum absolute atomic E-state index is 11.6. The van der Waals surface area contributed by atoms with E-state index >= 15 is 0 Å². The Hall–Kier alpha value is -0.460. The smallest absolute Gasteiger partial charge is 0.225 e. The molecule has 3 nitrogen and oxygen atoms in total. The molecule has 5 heteroatoms. The average molecular weight is 322 g/mol. The highest BCUT2D eigenvalue weighted by Crippen LogP contribution is 2.30. The van der Waals surface area contributed by atoms with Crippen LogP contribution in [0.2, 0.25) is 5.02 Å². The Labute approximate surface area is 99.7 Å². The number of aliphatic imine (C=N–C) groups is 1. The predicted molar refractivity (Wildman–Crippen MR) is 63.6 cm³/mol. The fourth-order valence-electron chi connectivity index (χ4n) is 1.33. The lowest BCUT2D eigenvalue weighted by Crippen LogP contribution is -2.90. The molecule has 1 amide bonds. The zero-order valence-corrected chi connectivity index (χ0v) is 10.3. The van der Waals surface area contributed by atoms with Crippen LogP contribution in [0.1, 0.15) is 15.9 Å².